The number of benzene rings is 3. The van der Waals surface area contributed by atoms with Crippen molar-refractivity contribution in [2.24, 2.45) is 0 Å². The molecule has 0 aliphatic carbocycles. The van der Waals surface area contributed by atoms with Gasteiger partial charge in [-0.2, -0.15) is 4.67 Å². The Hall–Kier alpha value is -2.48. The molecule has 0 radical (unpaired) electrons. The van der Waals surface area contributed by atoms with Crippen LogP contribution in [0.4, 0.5) is 0 Å². The van der Waals surface area contributed by atoms with E-state index in [0.717, 1.165) is 21.9 Å². The lowest BCUT2D eigenvalue weighted by molar-refractivity contribution is 0.612. The number of hydrogen-bond donors (Lipinski definition) is 0. The Kier molecular flexibility index (Phi) is 4.35. The molecule has 0 saturated heterocycles. The summed E-state index contributed by atoms with van der Waals surface area (Å²) >= 11 is 0. The van der Waals surface area contributed by atoms with Gasteiger partial charge in [0.15, 0.2) is 0 Å². The quantitative estimate of drug-likeness (QED) is 0.416. The Balaban J connectivity index is 1.92. The summed E-state index contributed by atoms with van der Waals surface area (Å²) in [5, 5.41) is 2.15. The summed E-state index contributed by atoms with van der Waals surface area (Å²) < 4.78 is 14.8. The molecule has 0 spiro atoms. The van der Waals surface area contributed by atoms with E-state index in [1.807, 2.05) is 42.5 Å². The van der Waals surface area contributed by atoms with Gasteiger partial charge in [-0.25, -0.2) is 0 Å². The van der Waals surface area contributed by atoms with Crippen molar-refractivity contribution in [2.45, 2.75) is 13.0 Å². The van der Waals surface area contributed by atoms with E-state index < -0.39 is 8.16 Å². The van der Waals surface area contributed by atoms with Crippen molar-refractivity contribution in [2.75, 3.05) is 11.7 Å². The van der Waals surface area contributed by atoms with Crippen molar-refractivity contribution in [3.8, 4) is 0 Å². The molecule has 0 saturated carbocycles. The first-order valence-electron chi connectivity index (χ1n) is 8.36. The number of nitrogens with zero attached hydrogens (tertiary/aromatic N) is 1. The molecule has 25 heavy (non-hydrogen) atoms. The van der Waals surface area contributed by atoms with Gasteiger partial charge in [0.05, 0.1) is 0 Å². The zero-order valence-electron chi connectivity index (χ0n) is 14.3. The highest BCUT2D eigenvalue weighted by atomic mass is 31.1. The molecule has 0 amide bonds. The van der Waals surface area contributed by atoms with Crippen molar-refractivity contribution in [1.82, 2.24) is 0 Å². The Morgan fingerprint density at radius 2 is 1.20 bits per heavy atom. The van der Waals surface area contributed by atoms with Gasteiger partial charge in [-0.1, -0.05) is 66.7 Å². The first kappa shape index (κ1) is 16.0. The maximum absolute atomic E-state index is 6.31. The van der Waals surface area contributed by atoms with Crippen molar-refractivity contribution in [3.63, 3.8) is 0 Å². The maximum Gasteiger partial charge on any atom is 0.309 e. The van der Waals surface area contributed by atoms with Crippen LogP contribution in [0.3, 0.4) is 0 Å². The summed E-state index contributed by atoms with van der Waals surface area (Å²) in [6.07, 6.45) is 0. The molecule has 0 bridgehead atoms. The highest BCUT2D eigenvalue weighted by Crippen LogP contribution is 2.39. The fourth-order valence-corrected chi connectivity index (χ4v) is 4.31. The lowest BCUT2D eigenvalue weighted by Crippen LogP contribution is -2.17. The molecule has 0 N–H and O–H groups in total. The molecule has 3 aromatic carbocycles. The molecule has 0 aliphatic rings. The van der Waals surface area contributed by atoms with Crippen LogP contribution in [-0.2, 0) is 0 Å². The number of para-hydroxylation sites is 2. The SMILES string of the molecule is C[C@H](c1ccccc1)N(C)p1oc2ccccc2c2ccccc2o1. The third kappa shape index (κ3) is 3.09. The molecule has 3 nitrogen and oxygen atoms in total. The van der Waals surface area contributed by atoms with Crippen LogP contribution >= 0.6 is 8.16 Å². The second-order valence-corrected chi connectivity index (χ2v) is 7.54. The smallest absolute Gasteiger partial charge is 0.309 e. The minimum atomic E-state index is -1.26. The van der Waals surface area contributed by atoms with Gasteiger partial charge >= 0.3 is 8.16 Å². The second-order valence-electron chi connectivity index (χ2n) is 6.07. The van der Waals surface area contributed by atoms with E-state index in [9.17, 15) is 0 Å². The zero-order chi connectivity index (χ0) is 17.2. The van der Waals surface area contributed by atoms with Crippen molar-refractivity contribution < 1.29 is 8.39 Å². The Bertz CT molecular complexity index is 985. The normalized spacial score (nSPS) is 12.6. The minimum absolute atomic E-state index is 0.185. The Labute approximate surface area is 148 Å². The number of fused-ring (bicyclic) bond motifs is 3. The van der Waals surface area contributed by atoms with Crippen LogP contribution in [0.2, 0.25) is 0 Å². The lowest BCUT2D eigenvalue weighted by Gasteiger charge is -2.21. The molecule has 126 valence electrons. The van der Waals surface area contributed by atoms with Gasteiger partial charge in [0.1, 0.15) is 11.2 Å². The molecule has 4 heteroatoms. The molecule has 0 fully saturated rings. The molecule has 0 unspecified atom stereocenters. The summed E-state index contributed by atoms with van der Waals surface area (Å²) in [7, 11) is 0.793. The van der Waals surface area contributed by atoms with Crippen molar-refractivity contribution in [1.29, 1.82) is 0 Å². The van der Waals surface area contributed by atoms with Crippen molar-refractivity contribution in [3.05, 3.63) is 84.4 Å². The minimum Gasteiger partial charge on any atom is -0.408 e. The van der Waals surface area contributed by atoms with E-state index in [2.05, 4.69) is 55.0 Å². The van der Waals surface area contributed by atoms with E-state index in [1.54, 1.807) is 0 Å². The summed E-state index contributed by atoms with van der Waals surface area (Å²) in [4.78, 5) is 0. The summed E-state index contributed by atoms with van der Waals surface area (Å²) in [6.45, 7) is 2.17. The van der Waals surface area contributed by atoms with E-state index in [-0.39, 0.29) is 6.04 Å². The van der Waals surface area contributed by atoms with E-state index in [0.29, 0.717) is 0 Å². The molecule has 1 atom stereocenters. The molecular formula is C21H20NO2P. The Morgan fingerprint density at radius 3 is 1.76 bits per heavy atom. The molecule has 1 aromatic heterocycles. The van der Waals surface area contributed by atoms with Gasteiger partial charge in [0.2, 0.25) is 0 Å². The van der Waals surface area contributed by atoms with Gasteiger partial charge in [-0.05, 0) is 24.6 Å². The van der Waals surface area contributed by atoms with Crippen LogP contribution in [-0.4, -0.2) is 7.05 Å². The average molecular weight is 349 g/mol. The summed E-state index contributed by atoms with van der Waals surface area (Å²) in [6, 6.07) is 26.9. The monoisotopic (exact) mass is 349 g/mol. The topological polar surface area (TPSA) is 29.5 Å². The fourth-order valence-electron chi connectivity index (χ4n) is 2.94. The lowest BCUT2D eigenvalue weighted by atomic mass is 10.1. The van der Waals surface area contributed by atoms with Gasteiger partial charge in [-0.3, -0.25) is 0 Å². The molecule has 4 aromatic rings. The largest absolute Gasteiger partial charge is 0.408 e. The zero-order valence-corrected chi connectivity index (χ0v) is 15.2. The molecule has 4 rings (SSSR count). The van der Waals surface area contributed by atoms with Crippen LogP contribution in [0.15, 0.2) is 87.3 Å². The predicted octanol–water partition coefficient (Wildman–Crippen LogP) is 6.62. The summed E-state index contributed by atoms with van der Waals surface area (Å²) in [5.41, 5.74) is 2.97. The number of hydrogen-bond acceptors (Lipinski definition) is 3. The second kappa shape index (κ2) is 6.79. The van der Waals surface area contributed by atoms with Crippen LogP contribution < -0.4 is 4.67 Å². The number of rotatable bonds is 3. The molecular weight excluding hydrogens is 329 g/mol. The van der Waals surface area contributed by atoms with E-state index in [1.165, 1.54) is 5.56 Å². The fraction of sp³-hybridized carbons (Fsp3) is 0.143. The van der Waals surface area contributed by atoms with Gasteiger partial charge in [0, 0.05) is 23.9 Å². The van der Waals surface area contributed by atoms with E-state index in [4.69, 9.17) is 8.39 Å². The maximum atomic E-state index is 6.31. The van der Waals surface area contributed by atoms with Crippen LogP contribution in [0.1, 0.15) is 18.5 Å². The highest BCUT2D eigenvalue weighted by molar-refractivity contribution is 7.38. The predicted molar refractivity (Wildman–Crippen MR) is 105 cm³/mol. The van der Waals surface area contributed by atoms with Gasteiger partial charge in [-0.15, -0.1) is 0 Å². The van der Waals surface area contributed by atoms with Crippen LogP contribution in [0, 0.1) is 0 Å². The van der Waals surface area contributed by atoms with Gasteiger partial charge < -0.3 is 8.39 Å². The summed E-state index contributed by atoms with van der Waals surface area (Å²) in [5.74, 6) is 0. The standard InChI is InChI=1S/C21H20NO2P/c1-16(17-10-4-3-5-11-17)22(2)25-23-20-14-8-6-12-18(20)19-13-7-9-15-21(19)24-25/h3-16H,1-2H3/t16-/m1/s1. The van der Waals surface area contributed by atoms with E-state index >= 15 is 0 Å². The average Bonchev–Trinajstić information content (AvgIpc) is 2.84. The van der Waals surface area contributed by atoms with Crippen LogP contribution in [0.25, 0.3) is 21.9 Å². The van der Waals surface area contributed by atoms with Gasteiger partial charge in [0.25, 0.3) is 0 Å². The third-order valence-corrected chi connectivity index (χ3v) is 6.08. The molecule has 1 heterocycles. The van der Waals surface area contributed by atoms with Crippen LogP contribution in [0.5, 0.6) is 0 Å². The third-order valence-electron chi connectivity index (χ3n) is 4.52. The molecule has 0 aliphatic heterocycles. The highest BCUT2D eigenvalue weighted by Gasteiger charge is 2.18. The van der Waals surface area contributed by atoms with Crippen molar-refractivity contribution >= 4 is 30.1 Å². The first-order valence-corrected chi connectivity index (χ1v) is 9.49. The Morgan fingerprint density at radius 1 is 0.720 bits per heavy atom. The first-order chi connectivity index (χ1) is 12.2.